The fourth-order valence-electron chi connectivity index (χ4n) is 1.71. The first-order valence-corrected chi connectivity index (χ1v) is 7.61. The molecule has 1 heterocycles. The largest absolute Gasteiger partial charge is 0.281 e. The number of hydrogen-bond acceptors (Lipinski definition) is 4. The van der Waals surface area contributed by atoms with Crippen LogP contribution in [0, 0.1) is 6.92 Å². The summed E-state index contributed by atoms with van der Waals surface area (Å²) in [6.45, 7) is 5.21. The van der Waals surface area contributed by atoms with E-state index in [2.05, 4.69) is 15.8 Å². The molecule has 2 N–H and O–H groups in total. The SMILES string of the molecule is C/C=C(\C)C(=O)NNC(=O)c1sc(-c2ccccc2)nc1C. The van der Waals surface area contributed by atoms with Gasteiger partial charge < -0.3 is 0 Å². The summed E-state index contributed by atoms with van der Waals surface area (Å²) in [7, 11) is 0. The number of thiazole rings is 1. The third kappa shape index (κ3) is 3.59. The normalized spacial score (nSPS) is 11.1. The Bertz CT molecular complexity index is 720. The van der Waals surface area contributed by atoms with Crippen molar-refractivity contribution < 1.29 is 9.59 Å². The number of nitrogens with one attached hydrogen (secondary N) is 2. The van der Waals surface area contributed by atoms with E-state index in [9.17, 15) is 9.59 Å². The number of nitrogens with zero attached hydrogens (tertiary/aromatic N) is 1. The average Bonchev–Trinajstić information content (AvgIpc) is 2.94. The highest BCUT2D eigenvalue weighted by atomic mass is 32.1. The van der Waals surface area contributed by atoms with Gasteiger partial charge in [-0.05, 0) is 20.8 Å². The molecule has 0 spiro atoms. The maximum Gasteiger partial charge on any atom is 0.281 e. The molecule has 22 heavy (non-hydrogen) atoms. The van der Waals surface area contributed by atoms with Gasteiger partial charge in [-0.3, -0.25) is 20.4 Å². The summed E-state index contributed by atoms with van der Waals surface area (Å²) >= 11 is 1.30. The topological polar surface area (TPSA) is 71.1 Å². The lowest BCUT2D eigenvalue weighted by molar-refractivity contribution is -0.118. The van der Waals surface area contributed by atoms with Crippen LogP contribution in [-0.2, 0) is 4.79 Å². The molecule has 0 saturated carbocycles. The fourth-order valence-corrected chi connectivity index (χ4v) is 2.68. The van der Waals surface area contributed by atoms with Crippen LogP contribution in [-0.4, -0.2) is 16.8 Å². The second-order valence-electron chi connectivity index (χ2n) is 4.68. The summed E-state index contributed by atoms with van der Waals surface area (Å²) in [4.78, 5) is 28.7. The van der Waals surface area contributed by atoms with Crippen LogP contribution in [0.15, 0.2) is 42.0 Å². The fraction of sp³-hybridized carbons (Fsp3) is 0.188. The predicted octanol–water partition coefficient (Wildman–Crippen LogP) is 2.85. The molecule has 0 bridgehead atoms. The van der Waals surface area contributed by atoms with Crippen LogP contribution >= 0.6 is 11.3 Å². The molecule has 5 nitrogen and oxygen atoms in total. The number of carbonyl (C=O) groups excluding carboxylic acids is 2. The smallest absolute Gasteiger partial charge is 0.268 e. The Hall–Kier alpha value is -2.47. The van der Waals surface area contributed by atoms with E-state index in [0.717, 1.165) is 10.6 Å². The number of aromatic nitrogens is 1. The number of carbonyl (C=O) groups is 2. The Morgan fingerprint density at radius 2 is 1.86 bits per heavy atom. The number of rotatable bonds is 3. The van der Waals surface area contributed by atoms with Crippen molar-refractivity contribution in [2.24, 2.45) is 0 Å². The zero-order valence-electron chi connectivity index (χ0n) is 12.6. The molecule has 2 aromatic rings. The van der Waals surface area contributed by atoms with Gasteiger partial charge in [0.1, 0.15) is 9.88 Å². The maximum atomic E-state index is 12.2. The molecule has 0 unspecified atom stereocenters. The van der Waals surface area contributed by atoms with Gasteiger partial charge in [-0.2, -0.15) is 0 Å². The third-order valence-corrected chi connectivity index (χ3v) is 4.31. The van der Waals surface area contributed by atoms with E-state index in [1.165, 1.54) is 11.3 Å². The van der Waals surface area contributed by atoms with E-state index in [1.807, 2.05) is 30.3 Å². The van der Waals surface area contributed by atoms with Gasteiger partial charge in [0.2, 0.25) is 0 Å². The van der Waals surface area contributed by atoms with E-state index < -0.39 is 0 Å². The molecule has 0 saturated heterocycles. The minimum atomic E-state index is -0.366. The van der Waals surface area contributed by atoms with Crippen LogP contribution in [0.5, 0.6) is 0 Å². The van der Waals surface area contributed by atoms with Crippen LogP contribution in [0.1, 0.15) is 29.2 Å². The van der Waals surface area contributed by atoms with Crippen LogP contribution in [0.2, 0.25) is 0 Å². The summed E-state index contributed by atoms with van der Waals surface area (Å²) in [5.74, 6) is -0.698. The number of allylic oxidation sites excluding steroid dienone is 1. The van der Waals surface area contributed by atoms with E-state index in [1.54, 1.807) is 26.8 Å². The van der Waals surface area contributed by atoms with E-state index in [-0.39, 0.29) is 11.8 Å². The maximum absolute atomic E-state index is 12.2. The molecule has 0 aliphatic carbocycles. The lowest BCUT2D eigenvalue weighted by Gasteiger charge is -2.06. The summed E-state index contributed by atoms with van der Waals surface area (Å²) in [6, 6.07) is 9.66. The molecule has 0 fully saturated rings. The first-order chi connectivity index (χ1) is 10.5. The summed E-state index contributed by atoms with van der Waals surface area (Å²) in [6.07, 6.45) is 1.67. The zero-order valence-corrected chi connectivity index (χ0v) is 13.5. The van der Waals surface area contributed by atoms with E-state index in [4.69, 9.17) is 0 Å². The minimum absolute atomic E-state index is 0.332. The van der Waals surface area contributed by atoms with Crippen molar-refractivity contribution in [2.45, 2.75) is 20.8 Å². The van der Waals surface area contributed by atoms with Crippen LogP contribution in [0.25, 0.3) is 10.6 Å². The summed E-state index contributed by atoms with van der Waals surface area (Å²) in [5, 5.41) is 0.777. The van der Waals surface area contributed by atoms with Gasteiger partial charge in [0.25, 0.3) is 11.8 Å². The van der Waals surface area contributed by atoms with Crippen LogP contribution in [0.4, 0.5) is 0 Å². The Labute approximate surface area is 133 Å². The van der Waals surface area contributed by atoms with Gasteiger partial charge in [0, 0.05) is 11.1 Å². The summed E-state index contributed by atoms with van der Waals surface area (Å²) < 4.78 is 0. The minimum Gasteiger partial charge on any atom is -0.268 e. The zero-order chi connectivity index (χ0) is 16.1. The van der Waals surface area contributed by atoms with Crippen molar-refractivity contribution in [1.82, 2.24) is 15.8 Å². The molecule has 0 aliphatic rings. The number of hydrazine groups is 1. The van der Waals surface area contributed by atoms with Gasteiger partial charge >= 0.3 is 0 Å². The molecule has 0 atom stereocenters. The van der Waals surface area contributed by atoms with Crippen molar-refractivity contribution in [3.05, 3.63) is 52.6 Å². The van der Waals surface area contributed by atoms with Crippen LogP contribution in [0.3, 0.4) is 0 Å². The van der Waals surface area contributed by atoms with Crippen molar-refractivity contribution in [3.63, 3.8) is 0 Å². The first kappa shape index (κ1) is 15.9. The van der Waals surface area contributed by atoms with E-state index >= 15 is 0 Å². The van der Waals surface area contributed by atoms with Gasteiger partial charge in [-0.15, -0.1) is 11.3 Å². The highest BCUT2D eigenvalue weighted by Gasteiger charge is 2.16. The van der Waals surface area contributed by atoms with Crippen molar-refractivity contribution >= 4 is 23.2 Å². The van der Waals surface area contributed by atoms with Crippen molar-refractivity contribution in [2.75, 3.05) is 0 Å². The highest BCUT2D eigenvalue weighted by molar-refractivity contribution is 7.17. The quantitative estimate of drug-likeness (QED) is 0.676. The molecular weight excluding hydrogens is 298 g/mol. The van der Waals surface area contributed by atoms with Gasteiger partial charge in [0.05, 0.1) is 5.69 Å². The van der Waals surface area contributed by atoms with E-state index in [0.29, 0.717) is 16.1 Å². The molecule has 6 heteroatoms. The Balaban J connectivity index is 2.11. The van der Waals surface area contributed by atoms with Gasteiger partial charge in [0.15, 0.2) is 0 Å². The molecule has 114 valence electrons. The monoisotopic (exact) mass is 315 g/mol. The number of hydrogen-bond donors (Lipinski definition) is 2. The van der Waals surface area contributed by atoms with Gasteiger partial charge in [-0.25, -0.2) is 4.98 Å². The molecule has 1 aromatic heterocycles. The Morgan fingerprint density at radius 1 is 1.18 bits per heavy atom. The Kier molecular flexibility index (Phi) is 5.06. The second kappa shape index (κ2) is 7.00. The lowest BCUT2D eigenvalue weighted by atomic mass is 10.2. The first-order valence-electron chi connectivity index (χ1n) is 6.79. The standard InChI is InChI=1S/C16H17N3O2S/c1-4-10(2)14(20)18-19-15(21)13-11(3)17-16(22-13)12-8-6-5-7-9-12/h4-9H,1-3H3,(H,18,20)(H,19,21)/b10-4+. The van der Waals surface area contributed by atoms with Crippen molar-refractivity contribution in [1.29, 1.82) is 0 Å². The molecule has 0 radical (unpaired) electrons. The summed E-state index contributed by atoms with van der Waals surface area (Å²) in [5.41, 5.74) is 6.92. The van der Waals surface area contributed by atoms with Gasteiger partial charge in [-0.1, -0.05) is 36.4 Å². The second-order valence-corrected chi connectivity index (χ2v) is 5.68. The molecule has 0 aliphatic heterocycles. The lowest BCUT2D eigenvalue weighted by Crippen LogP contribution is -2.41. The van der Waals surface area contributed by atoms with Crippen LogP contribution < -0.4 is 10.9 Å². The van der Waals surface area contributed by atoms with Crippen molar-refractivity contribution in [3.8, 4) is 10.6 Å². The number of benzene rings is 1. The number of aryl methyl sites for hydroxylation is 1. The predicted molar refractivity (Wildman–Crippen MR) is 87.3 cm³/mol. The molecule has 2 amide bonds. The number of amides is 2. The molecule has 1 aromatic carbocycles. The highest BCUT2D eigenvalue weighted by Crippen LogP contribution is 2.27. The molecular formula is C16H17N3O2S. The average molecular weight is 315 g/mol. The Morgan fingerprint density at radius 3 is 2.50 bits per heavy atom. The third-order valence-electron chi connectivity index (χ3n) is 3.10. The molecule has 2 rings (SSSR count).